The minimum Gasteiger partial charge on any atom is -0.497 e. The molecule has 7 nitrogen and oxygen atoms in total. The first-order chi connectivity index (χ1) is 16.7. The molecule has 1 N–H and O–H groups in total. The molecule has 1 fully saturated rings. The lowest BCUT2D eigenvalue weighted by Crippen LogP contribution is -2.44. The fourth-order valence-corrected chi connectivity index (χ4v) is 4.49. The molecule has 9 heteroatoms. The second-order valence-electron chi connectivity index (χ2n) is 8.34. The maximum atomic E-state index is 15.1. The number of nitrogens with zero attached hydrogens (tertiary/aromatic N) is 2. The summed E-state index contributed by atoms with van der Waals surface area (Å²) in [7, 11) is 1.43. The number of carbonyl (C=O) groups excluding carboxylic acids is 2. The molecule has 3 aromatic rings. The van der Waals surface area contributed by atoms with E-state index in [1.807, 2.05) is 6.92 Å². The number of carbonyl (C=O) groups is 2. The van der Waals surface area contributed by atoms with Crippen LogP contribution in [0.3, 0.4) is 0 Å². The summed E-state index contributed by atoms with van der Waals surface area (Å²) in [6.45, 7) is 4.03. The summed E-state index contributed by atoms with van der Waals surface area (Å²) in [5.41, 5.74) is 1.07. The highest BCUT2D eigenvalue weighted by Gasteiger charge is 2.45. The minimum atomic E-state index is -1.09. The maximum absolute atomic E-state index is 15.1. The van der Waals surface area contributed by atoms with Crippen molar-refractivity contribution >= 4 is 29.1 Å². The van der Waals surface area contributed by atoms with E-state index in [-0.39, 0.29) is 23.4 Å². The Hall–Kier alpha value is -3.65. The zero-order valence-electron chi connectivity index (χ0n) is 19.5. The van der Waals surface area contributed by atoms with Gasteiger partial charge in [-0.25, -0.2) is 4.39 Å². The van der Waals surface area contributed by atoms with Gasteiger partial charge in [0.15, 0.2) is 0 Å². The molecule has 182 valence electrons. The average molecular weight is 498 g/mol. The lowest BCUT2D eigenvalue weighted by Gasteiger charge is -2.19. The SMILES string of the molecule is CCn1ccc(C)c(N2C[C@@H](c3ccc(OC)cc3F)C(NC(=O)c3ccc(Cl)cc3)C2=O)c1=O. The number of hydrogen-bond acceptors (Lipinski definition) is 4. The summed E-state index contributed by atoms with van der Waals surface area (Å²) >= 11 is 5.92. The fraction of sp³-hybridized carbons (Fsp3) is 0.269. The van der Waals surface area contributed by atoms with Crippen LogP contribution in [0.25, 0.3) is 0 Å². The predicted molar refractivity (Wildman–Crippen MR) is 132 cm³/mol. The smallest absolute Gasteiger partial charge is 0.274 e. The van der Waals surface area contributed by atoms with Gasteiger partial charge in [-0.3, -0.25) is 14.4 Å². The molecule has 2 amide bonds. The van der Waals surface area contributed by atoms with Crippen LogP contribution in [0.1, 0.15) is 34.3 Å². The Morgan fingerprint density at radius 3 is 2.51 bits per heavy atom. The van der Waals surface area contributed by atoms with Crippen LogP contribution in [0, 0.1) is 12.7 Å². The van der Waals surface area contributed by atoms with Crippen molar-refractivity contribution < 1.29 is 18.7 Å². The molecule has 0 saturated carbocycles. The van der Waals surface area contributed by atoms with Gasteiger partial charge in [-0.15, -0.1) is 0 Å². The second-order valence-corrected chi connectivity index (χ2v) is 8.78. The number of rotatable bonds is 6. The lowest BCUT2D eigenvalue weighted by molar-refractivity contribution is -0.118. The van der Waals surface area contributed by atoms with Crippen molar-refractivity contribution in [1.29, 1.82) is 0 Å². The van der Waals surface area contributed by atoms with Crippen molar-refractivity contribution in [3.8, 4) is 5.75 Å². The zero-order chi connectivity index (χ0) is 25.3. The summed E-state index contributed by atoms with van der Waals surface area (Å²) in [6.07, 6.45) is 1.67. The van der Waals surface area contributed by atoms with E-state index in [4.69, 9.17) is 16.3 Å². The topological polar surface area (TPSA) is 80.6 Å². The number of nitrogens with one attached hydrogen (secondary N) is 1. The van der Waals surface area contributed by atoms with Crippen molar-refractivity contribution in [2.24, 2.45) is 0 Å². The summed E-state index contributed by atoms with van der Waals surface area (Å²) < 4.78 is 21.7. The number of amides is 2. The average Bonchev–Trinajstić information content (AvgIpc) is 3.15. The number of anilines is 1. The van der Waals surface area contributed by atoms with Gasteiger partial charge in [0.1, 0.15) is 23.3 Å². The number of halogens is 2. The highest BCUT2D eigenvalue weighted by molar-refractivity contribution is 6.30. The molecular weight excluding hydrogens is 473 g/mol. The van der Waals surface area contributed by atoms with Crippen LogP contribution < -0.4 is 20.5 Å². The molecule has 0 aliphatic carbocycles. The van der Waals surface area contributed by atoms with Gasteiger partial charge >= 0.3 is 0 Å². The van der Waals surface area contributed by atoms with E-state index in [2.05, 4.69) is 5.32 Å². The molecule has 4 rings (SSSR count). The first-order valence-corrected chi connectivity index (χ1v) is 11.5. The van der Waals surface area contributed by atoms with Gasteiger partial charge in [-0.2, -0.15) is 0 Å². The molecule has 2 atom stereocenters. The van der Waals surface area contributed by atoms with Crippen LogP contribution in [-0.4, -0.2) is 36.1 Å². The Balaban J connectivity index is 1.77. The third-order valence-corrected chi connectivity index (χ3v) is 6.52. The zero-order valence-corrected chi connectivity index (χ0v) is 20.3. The van der Waals surface area contributed by atoms with Crippen LogP contribution in [0.15, 0.2) is 59.5 Å². The van der Waals surface area contributed by atoms with Gasteiger partial charge in [-0.05, 0) is 61.4 Å². The summed E-state index contributed by atoms with van der Waals surface area (Å²) in [4.78, 5) is 41.1. The molecule has 1 aliphatic heterocycles. The van der Waals surface area contributed by atoms with E-state index in [9.17, 15) is 14.4 Å². The highest BCUT2D eigenvalue weighted by Crippen LogP contribution is 2.35. The number of aryl methyl sites for hydroxylation is 2. The van der Waals surface area contributed by atoms with Gasteiger partial charge in [0, 0.05) is 41.9 Å². The second kappa shape index (κ2) is 9.92. The van der Waals surface area contributed by atoms with Crippen LogP contribution >= 0.6 is 11.6 Å². The van der Waals surface area contributed by atoms with Crippen molar-refractivity contribution in [2.45, 2.75) is 32.4 Å². The van der Waals surface area contributed by atoms with E-state index in [1.54, 1.807) is 55.6 Å². The number of hydrogen-bond donors (Lipinski definition) is 1. The monoisotopic (exact) mass is 497 g/mol. The van der Waals surface area contributed by atoms with Gasteiger partial charge < -0.3 is 19.5 Å². The minimum absolute atomic E-state index is 0.0253. The Morgan fingerprint density at radius 2 is 1.89 bits per heavy atom. The number of aromatic nitrogens is 1. The molecule has 1 aromatic heterocycles. The third kappa shape index (κ3) is 4.66. The Labute approximate surface area is 207 Å². The largest absolute Gasteiger partial charge is 0.497 e. The van der Waals surface area contributed by atoms with Crippen LogP contribution in [0.4, 0.5) is 10.1 Å². The molecule has 0 spiro atoms. The molecule has 1 unspecified atom stereocenters. The van der Waals surface area contributed by atoms with Crippen molar-refractivity contribution in [3.05, 3.63) is 92.6 Å². The van der Waals surface area contributed by atoms with Gasteiger partial charge in [-0.1, -0.05) is 17.7 Å². The van der Waals surface area contributed by atoms with Gasteiger partial charge in [0.25, 0.3) is 11.5 Å². The van der Waals surface area contributed by atoms with Crippen molar-refractivity contribution in [2.75, 3.05) is 18.6 Å². The standard InChI is InChI=1S/C26H25ClFN3O4/c1-4-30-12-11-15(2)23(26(30)34)31-14-20(19-10-9-18(35-3)13-21(19)28)22(25(31)33)29-24(32)16-5-7-17(27)8-6-16/h5-13,20,22H,4,14H2,1-3H3,(H,29,32)/t20-,22?/m0/s1. The first-order valence-electron chi connectivity index (χ1n) is 11.2. The first kappa shape index (κ1) is 24.5. The third-order valence-electron chi connectivity index (χ3n) is 6.27. The molecule has 35 heavy (non-hydrogen) atoms. The molecular formula is C26H25ClFN3O4. The normalized spacial score (nSPS) is 17.5. The Kier molecular flexibility index (Phi) is 6.93. The van der Waals surface area contributed by atoms with E-state index in [0.717, 1.165) is 0 Å². The van der Waals surface area contributed by atoms with Crippen LogP contribution in [0.2, 0.25) is 5.02 Å². The predicted octanol–water partition coefficient (Wildman–Crippen LogP) is 3.91. The number of ether oxygens (including phenoxy) is 1. The summed E-state index contributed by atoms with van der Waals surface area (Å²) in [6, 6.07) is 11.3. The quantitative estimate of drug-likeness (QED) is 0.560. The Bertz CT molecular complexity index is 1340. The van der Waals surface area contributed by atoms with E-state index < -0.39 is 29.6 Å². The number of benzene rings is 2. The number of pyridine rings is 1. The fourth-order valence-electron chi connectivity index (χ4n) is 4.37. The van der Waals surface area contributed by atoms with E-state index >= 15 is 4.39 Å². The molecule has 0 radical (unpaired) electrons. The molecule has 0 bridgehead atoms. The van der Waals surface area contributed by atoms with Crippen LogP contribution in [0.5, 0.6) is 5.75 Å². The number of methoxy groups -OCH3 is 1. The molecule has 1 aliphatic rings. The van der Waals surface area contributed by atoms with E-state index in [0.29, 0.717) is 28.4 Å². The lowest BCUT2D eigenvalue weighted by atomic mass is 9.93. The van der Waals surface area contributed by atoms with Gasteiger partial charge in [0.05, 0.1) is 7.11 Å². The van der Waals surface area contributed by atoms with E-state index in [1.165, 1.54) is 22.6 Å². The van der Waals surface area contributed by atoms with Crippen molar-refractivity contribution in [1.82, 2.24) is 9.88 Å². The van der Waals surface area contributed by atoms with Gasteiger partial charge in [0.2, 0.25) is 5.91 Å². The summed E-state index contributed by atoms with van der Waals surface area (Å²) in [5.74, 6) is -1.96. The molecule has 2 aromatic carbocycles. The van der Waals surface area contributed by atoms with Crippen LogP contribution in [-0.2, 0) is 11.3 Å². The molecule has 2 heterocycles. The highest BCUT2D eigenvalue weighted by atomic mass is 35.5. The van der Waals surface area contributed by atoms with Crippen molar-refractivity contribution in [3.63, 3.8) is 0 Å². The Morgan fingerprint density at radius 1 is 1.17 bits per heavy atom. The molecule has 1 saturated heterocycles. The maximum Gasteiger partial charge on any atom is 0.274 e. The summed E-state index contributed by atoms with van der Waals surface area (Å²) in [5, 5.41) is 3.22.